The number of amides is 2. The first-order valence-corrected chi connectivity index (χ1v) is 15.4. The van der Waals surface area contributed by atoms with Crippen LogP contribution in [0, 0.1) is 6.92 Å². The van der Waals surface area contributed by atoms with Crippen LogP contribution < -0.4 is 14.4 Å². The highest BCUT2D eigenvalue weighted by molar-refractivity contribution is 7.92. The van der Waals surface area contributed by atoms with E-state index in [0.29, 0.717) is 30.2 Å². The van der Waals surface area contributed by atoms with Crippen LogP contribution in [0.5, 0.6) is 11.5 Å². The molecule has 0 saturated heterocycles. The number of para-hydroxylation sites is 1. The van der Waals surface area contributed by atoms with Crippen LogP contribution in [0.3, 0.4) is 0 Å². The third kappa shape index (κ3) is 8.84. The molecule has 1 N–H and O–H groups in total. The molecular formula is C31H39N3O5S. The second kappa shape index (κ2) is 14.5. The molecular weight excluding hydrogens is 526 g/mol. The summed E-state index contributed by atoms with van der Waals surface area (Å²) in [7, 11) is -3.82. The van der Waals surface area contributed by atoms with Gasteiger partial charge in [0, 0.05) is 13.1 Å². The molecule has 1 atom stereocenters. The lowest BCUT2D eigenvalue weighted by Crippen LogP contribution is -2.52. The maximum atomic E-state index is 13.8. The third-order valence-electron chi connectivity index (χ3n) is 6.43. The largest absolute Gasteiger partial charge is 0.457 e. The van der Waals surface area contributed by atoms with Crippen molar-refractivity contribution in [3.63, 3.8) is 0 Å². The van der Waals surface area contributed by atoms with Crippen molar-refractivity contribution in [3.8, 4) is 11.5 Å². The molecule has 0 aliphatic rings. The van der Waals surface area contributed by atoms with Crippen LogP contribution in [0.25, 0.3) is 0 Å². The number of rotatable bonds is 14. The number of unbranched alkanes of at least 4 members (excludes halogenated alkanes) is 1. The van der Waals surface area contributed by atoms with E-state index < -0.39 is 28.5 Å². The minimum atomic E-state index is -3.82. The molecule has 3 aromatic rings. The van der Waals surface area contributed by atoms with Gasteiger partial charge in [0.15, 0.2) is 0 Å². The molecule has 0 unspecified atom stereocenters. The SMILES string of the molecule is CCCCNC(=O)[C@@H](CC)N(Cc1cccc(C)c1)C(=O)CN(c1ccc(Oc2ccccc2)cc1)S(C)(=O)=O. The van der Waals surface area contributed by atoms with Crippen LogP contribution in [0.15, 0.2) is 78.9 Å². The molecule has 9 heteroatoms. The van der Waals surface area contributed by atoms with Gasteiger partial charge in [0.05, 0.1) is 11.9 Å². The summed E-state index contributed by atoms with van der Waals surface area (Å²) in [5, 5.41) is 2.93. The van der Waals surface area contributed by atoms with Gasteiger partial charge in [-0.25, -0.2) is 8.42 Å². The Morgan fingerprint density at radius 1 is 0.925 bits per heavy atom. The Bertz CT molecular complexity index is 1360. The number of nitrogens with zero attached hydrogens (tertiary/aromatic N) is 2. The first-order chi connectivity index (χ1) is 19.1. The second-order valence-electron chi connectivity index (χ2n) is 9.76. The highest BCUT2D eigenvalue weighted by Gasteiger charge is 2.31. The summed E-state index contributed by atoms with van der Waals surface area (Å²) in [5.41, 5.74) is 2.22. The van der Waals surface area contributed by atoms with Gasteiger partial charge in [-0.3, -0.25) is 13.9 Å². The molecule has 0 fully saturated rings. The highest BCUT2D eigenvalue weighted by atomic mass is 32.2. The van der Waals surface area contributed by atoms with E-state index in [0.717, 1.165) is 34.5 Å². The summed E-state index contributed by atoms with van der Waals surface area (Å²) in [6.07, 6.45) is 3.22. The molecule has 8 nitrogen and oxygen atoms in total. The Hall–Kier alpha value is -3.85. The van der Waals surface area contributed by atoms with Crippen LogP contribution in [-0.4, -0.2) is 50.5 Å². The summed E-state index contributed by atoms with van der Waals surface area (Å²) in [6.45, 7) is 6.10. The molecule has 2 amide bonds. The number of ether oxygens (including phenoxy) is 1. The van der Waals surface area contributed by atoms with E-state index in [1.807, 2.05) is 75.4 Å². The molecule has 0 bridgehead atoms. The first-order valence-electron chi connectivity index (χ1n) is 13.6. The van der Waals surface area contributed by atoms with Crippen molar-refractivity contribution in [2.45, 2.75) is 52.6 Å². The minimum absolute atomic E-state index is 0.182. The monoisotopic (exact) mass is 565 g/mol. The molecule has 0 radical (unpaired) electrons. The Morgan fingerprint density at radius 2 is 1.60 bits per heavy atom. The Morgan fingerprint density at radius 3 is 2.20 bits per heavy atom. The topological polar surface area (TPSA) is 96.0 Å². The van der Waals surface area contributed by atoms with Gasteiger partial charge in [-0.05, 0) is 61.7 Å². The lowest BCUT2D eigenvalue weighted by Gasteiger charge is -2.33. The van der Waals surface area contributed by atoms with Gasteiger partial charge >= 0.3 is 0 Å². The quantitative estimate of drug-likeness (QED) is 0.269. The maximum absolute atomic E-state index is 13.8. The van der Waals surface area contributed by atoms with Crippen molar-refractivity contribution in [3.05, 3.63) is 90.0 Å². The predicted molar refractivity (Wildman–Crippen MR) is 159 cm³/mol. The number of carbonyl (C=O) groups is 2. The number of nitrogens with one attached hydrogen (secondary N) is 1. The fourth-order valence-electron chi connectivity index (χ4n) is 4.35. The van der Waals surface area contributed by atoms with Crippen molar-refractivity contribution in [2.24, 2.45) is 0 Å². The minimum Gasteiger partial charge on any atom is -0.457 e. The molecule has 3 rings (SSSR count). The van der Waals surface area contributed by atoms with Crippen LogP contribution in [0.4, 0.5) is 5.69 Å². The second-order valence-corrected chi connectivity index (χ2v) is 11.7. The zero-order valence-electron chi connectivity index (χ0n) is 23.7. The molecule has 0 aromatic heterocycles. The maximum Gasteiger partial charge on any atom is 0.244 e. The number of anilines is 1. The van der Waals surface area contributed by atoms with Crippen LogP contribution in [0.2, 0.25) is 0 Å². The van der Waals surface area contributed by atoms with Gasteiger partial charge in [0.2, 0.25) is 21.8 Å². The van der Waals surface area contributed by atoms with E-state index in [4.69, 9.17) is 4.74 Å². The van der Waals surface area contributed by atoms with Gasteiger partial charge in [-0.2, -0.15) is 0 Å². The highest BCUT2D eigenvalue weighted by Crippen LogP contribution is 2.26. The normalized spacial score (nSPS) is 11.9. The molecule has 0 saturated carbocycles. The van der Waals surface area contributed by atoms with Crippen molar-refractivity contribution in [1.29, 1.82) is 0 Å². The van der Waals surface area contributed by atoms with Crippen LogP contribution in [-0.2, 0) is 26.2 Å². The summed E-state index contributed by atoms with van der Waals surface area (Å²) in [6, 6.07) is 22.7. The zero-order chi connectivity index (χ0) is 29.1. The molecule has 3 aromatic carbocycles. The van der Waals surface area contributed by atoms with Crippen molar-refractivity contribution < 1.29 is 22.7 Å². The summed E-state index contributed by atoms with van der Waals surface area (Å²) >= 11 is 0. The molecule has 0 aliphatic heterocycles. The number of hydrogen-bond acceptors (Lipinski definition) is 5. The number of aryl methyl sites for hydroxylation is 1. The fourth-order valence-corrected chi connectivity index (χ4v) is 5.20. The average molecular weight is 566 g/mol. The fraction of sp³-hybridized carbons (Fsp3) is 0.355. The smallest absolute Gasteiger partial charge is 0.244 e. The van der Waals surface area contributed by atoms with E-state index in [9.17, 15) is 18.0 Å². The summed E-state index contributed by atoms with van der Waals surface area (Å²) in [4.78, 5) is 28.4. The Balaban J connectivity index is 1.87. The van der Waals surface area contributed by atoms with Crippen molar-refractivity contribution in [2.75, 3.05) is 23.7 Å². The average Bonchev–Trinajstić information content (AvgIpc) is 2.92. The Labute approximate surface area is 238 Å². The van der Waals surface area contributed by atoms with E-state index in [1.54, 1.807) is 24.3 Å². The van der Waals surface area contributed by atoms with Crippen LogP contribution in [0.1, 0.15) is 44.2 Å². The zero-order valence-corrected chi connectivity index (χ0v) is 24.5. The van der Waals surface area contributed by atoms with E-state index in [1.165, 1.54) is 4.90 Å². The molecule has 214 valence electrons. The lowest BCUT2D eigenvalue weighted by molar-refractivity contribution is -0.140. The molecule has 0 heterocycles. The van der Waals surface area contributed by atoms with Gasteiger partial charge in [0.1, 0.15) is 24.1 Å². The Kier molecular flexibility index (Phi) is 11.1. The third-order valence-corrected chi connectivity index (χ3v) is 7.57. The number of hydrogen-bond donors (Lipinski definition) is 1. The standard InChI is InChI=1S/C31H39N3O5S/c1-5-7-20-32-31(36)29(6-2)33(22-25-13-11-12-24(3)21-25)30(35)23-34(40(4,37)38)26-16-18-28(19-17-26)39-27-14-9-8-10-15-27/h8-19,21,29H,5-7,20,22-23H2,1-4H3,(H,32,36)/t29-/m1/s1. The van der Waals surface area contributed by atoms with Gasteiger partial charge in [-0.15, -0.1) is 0 Å². The number of benzene rings is 3. The van der Waals surface area contributed by atoms with Crippen LogP contribution >= 0.6 is 0 Å². The van der Waals surface area contributed by atoms with E-state index in [-0.39, 0.29) is 12.5 Å². The number of carbonyl (C=O) groups excluding carboxylic acids is 2. The van der Waals surface area contributed by atoms with Gasteiger partial charge in [-0.1, -0.05) is 68.3 Å². The number of sulfonamides is 1. The molecule has 0 aliphatic carbocycles. The predicted octanol–water partition coefficient (Wildman–Crippen LogP) is 5.28. The van der Waals surface area contributed by atoms with E-state index >= 15 is 0 Å². The van der Waals surface area contributed by atoms with Crippen molar-refractivity contribution in [1.82, 2.24) is 10.2 Å². The molecule has 40 heavy (non-hydrogen) atoms. The van der Waals surface area contributed by atoms with E-state index in [2.05, 4.69) is 5.32 Å². The summed E-state index contributed by atoms with van der Waals surface area (Å²) in [5.74, 6) is 0.477. The lowest BCUT2D eigenvalue weighted by atomic mass is 10.1. The first kappa shape index (κ1) is 30.7. The molecule has 0 spiro atoms. The van der Waals surface area contributed by atoms with Gasteiger partial charge < -0.3 is 15.0 Å². The van der Waals surface area contributed by atoms with Crippen molar-refractivity contribution >= 4 is 27.5 Å². The summed E-state index contributed by atoms with van der Waals surface area (Å²) < 4.78 is 32.6. The van der Waals surface area contributed by atoms with Gasteiger partial charge in [0.25, 0.3) is 0 Å².